The Balaban J connectivity index is 1.85. The highest BCUT2D eigenvalue weighted by Gasteiger charge is 2.30. The third-order valence-electron chi connectivity index (χ3n) is 6.25. The molecule has 0 spiro atoms. The fourth-order valence-electron chi connectivity index (χ4n) is 4.32. The second kappa shape index (κ2) is 14.0. The monoisotopic (exact) mass is 571 g/mol. The summed E-state index contributed by atoms with van der Waals surface area (Å²) in [6.07, 6.45) is 1.74. The lowest BCUT2D eigenvalue weighted by Gasteiger charge is -2.31. The van der Waals surface area contributed by atoms with Gasteiger partial charge in [0.05, 0.1) is 19.1 Å². The molecule has 0 heterocycles. The number of amides is 2. The number of likely N-dealkylation sites (N-methyl/N-ethyl adjacent to an activating group) is 1. The van der Waals surface area contributed by atoms with Crippen LogP contribution in [0.25, 0.3) is 0 Å². The van der Waals surface area contributed by atoms with Crippen molar-refractivity contribution in [1.82, 2.24) is 10.2 Å². The van der Waals surface area contributed by atoms with Crippen LogP contribution in [0.1, 0.15) is 24.0 Å². The van der Waals surface area contributed by atoms with Crippen LogP contribution in [0.5, 0.6) is 5.75 Å². The van der Waals surface area contributed by atoms with Gasteiger partial charge in [-0.25, -0.2) is 8.42 Å². The van der Waals surface area contributed by atoms with Crippen LogP contribution in [0.3, 0.4) is 0 Å². The van der Waals surface area contributed by atoms with E-state index in [0.29, 0.717) is 22.9 Å². The second-order valence-electron chi connectivity index (χ2n) is 9.11. The van der Waals surface area contributed by atoms with E-state index in [0.717, 1.165) is 17.4 Å². The summed E-state index contributed by atoms with van der Waals surface area (Å²) < 4.78 is 31.6. The molecule has 0 saturated heterocycles. The molecule has 0 saturated carbocycles. The third kappa shape index (κ3) is 8.73. The highest BCUT2D eigenvalue weighted by molar-refractivity contribution is 7.92. The van der Waals surface area contributed by atoms with E-state index >= 15 is 0 Å². The van der Waals surface area contributed by atoms with Gasteiger partial charge in [0.1, 0.15) is 11.8 Å². The standard InChI is InChI=1S/C29H34ClN3O5S/c1-31-29(35)27(19-22-10-5-4-6-11-22)32(21-23-12-7-13-24(30)18-23)28(34)16-9-17-33(39(3,36)37)25-14-8-15-26(20-25)38-2/h4-8,10-15,18,20,27H,9,16-17,19,21H2,1-3H3,(H,31,35). The number of methoxy groups -OCH3 is 1. The van der Waals surface area contributed by atoms with Crippen molar-refractivity contribution in [2.75, 3.05) is 31.3 Å². The Labute approximate surface area is 235 Å². The maximum Gasteiger partial charge on any atom is 0.242 e. The van der Waals surface area contributed by atoms with E-state index in [4.69, 9.17) is 16.3 Å². The van der Waals surface area contributed by atoms with E-state index in [1.54, 1.807) is 54.4 Å². The van der Waals surface area contributed by atoms with Crippen LogP contribution in [0, 0.1) is 0 Å². The summed E-state index contributed by atoms with van der Waals surface area (Å²) in [5, 5.41) is 3.22. The SMILES string of the molecule is CNC(=O)C(Cc1ccccc1)N(Cc1cccc(Cl)c1)C(=O)CCCN(c1cccc(OC)c1)S(C)(=O)=O. The normalized spacial score (nSPS) is 11.9. The van der Waals surface area contributed by atoms with Crippen LogP contribution in [0.2, 0.25) is 5.02 Å². The van der Waals surface area contributed by atoms with Gasteiger partial charge in [-0.05, 0) is 41.8 Å². The number of halogens is 1. The number of hydrogen-bond acceptors (Lipinski definition) is 5. The van der Waals surface area contributed by atoms with Crippen molar-refractivity contribution in [3.8, 4) is 5.75 Å². The van der Waals surface area contributed by atoms with Crippen molar-refractivity contribution in [2.24, 2.45) is 0 Å². The molecule has 39 heavy (non-hydrogen) atoms. The summed E-state index contributed by atoms with van der Waals surface area (Å²) in [4.78, 5) is 28.3. The summed E-state index contributed by atoms with van der Waals surface area (Å²) >= 11 is 6.19. The smallest absolute Gasteiger partial charge is 0.242 e. The largest absolute Gasteiger partial charge is 0.497 e. The zero-order chi connectivity index (χ0) is 28.4. The van der Waals surface area contributed by atoms with Crippen LogP contribution in [-0.4, -0.2) is 58.1 Å². The average molecular weight is 572 g/mol. The number of nitrogens with zero attached hydrogens (tertiary/aromatic N) is 2. The van der Waals surface area contributed by atoms with Crippen molar-refractivity contribution in [1.29, 1.82) is 0 Å². The minimum Gasteiger partial charge on any atom is -0.497 e. The van der Waals surface area contributed by atoms with E-state index in [9.17, 15) is 18.0 Å². The highest BCUT2D eigenvalue weighted by atomic mass is 35.5. The van der Waals surface area contributed by atoms with Crippen LogP contribution in [0.15, 0.2) is 78.9 Å². The molecule has 0 fully saturated rings. The van der Waals surface area contributed by atoms with E-state index in [2.05, 4.69) is 5.32 Å². The van der Waals surface area contributed by atoms with E-state index < -0.39 is 16.1 Å². The van der Waals surface area contributed by atoms with Gasteiger partial charge in [-0.15, -0.1) is 0 Å². The first kappa shape index (κ1) is 30.0. The van der Waals surface area contributed by atoms with Gasteiger partial charge in [0, 0.05) is 44.1 Å². The van der Waals surface area contributed by atoms with E-state index in [1.165, 1.54) is 11.4 Å². The number of rotatable bonds is 13. The Bertz CT molecular complexity index is 1370. The predicted molar refractivity (Wildman–Crippen MR) is 154 cm³/mol. The minimum absolute atomic E-state index is 0.0405. The molecule has 1 atom stereocenters. The van der Waals surface area contributed by atoms with Gasteiger partial charge in [-0.2, -0.15) is 0 Å². The first-order valence-electron chi connectivity index (χ1n) is 12.5. The minimum atomic E-state index is -3.61. The molecule has 2 amide bonds. The summed E-state index contributed by atoms with van der Waals surface area (Å²) in [6, 6.07) is 22.6. The predicted octanol–water partition coefficient (Wildman–Crippen LogP) is 4.28. The van der Waals surface area contributed by atoms with Crippen molar-refractivity contribution in [3.05, 3.63) is 95.0 Å². The summed E-state index contributed by atoms with van der Waals surface area (Å²) in [5.74, 6) is -0.0266. The molecule has 3 rings (SSSR count). The van der Waals surface area contributed by atoms with Crippen molar-refractivity contribution >= 4 is 39.1 Å². The lowest BCUT2D eigenvalue weighted by molar-refractivity contribution is -0.141. The molecule has 1 N–H and O–H groups in total. The number of ether oxygens (including phenoxy) is 1. The first-order valence-corrected chi connectivity index (χ1v) is 14.8. The Morgan fingerprint density at radius 1 is 0.974 bits per heavy atom. The van der Waals surface area contributed by atoms with Gasteiger partial charge in [0.2, 0.25) is 21.8 Å². The third-order valence-corrected chi connectivity index (χ3v) is 7.68. The summed E-state index contributed by atoms with van der Waals surface area (Å²) in [6.45, 7) is 0.266. The number of benzene rings is 3. The quantitative estimate of drug-likeness (QED) is 0.330. The van der Waals surface area contributed by atoms with E-state index in [1.807, 2.05) is 36.4 Å². The molecule has 3 aromatic rings. The molecule has 3 aromatic carbocycles. The Hall–Kier alpha value is -3.56. The zero-order valence-corrected chi connectivity index (χ0v) is 23.9. The maximum atomic E-state index is 13.7. The molecule has 0 radical (unpaired) electrons. The Kier molecular flexibility index (Phi) is 10.8. The first-order chi connectivity index (χ1) is 18.6. The number of carbonyl (C=O) groups is 2. The molecule has 1 unspecified atom stereocenters. The molecule has 0 aliphatic carbocycles. The average Bonchev–Trinajstić information content (AvgIpc) is 2.92. The van der Waals surface area contributed by atoms with Crippen LogP contribution >= 0.6 is 11.6 Å². The van der Waals surface area contributed by atoms with Crippen LogP contribution in [0.4, 0.5) is 5.69 Å². The molecule has 10 heteroatoms. The molecular formula is C29H34ClN3O5S. The Morgan fingerprint density at radius 3 is 2.31 bits per heavy atom. The van der Waals surface area contributed by atoms with Crippen molar-refractivity contribution < 1.29 is 22.7 Å². The Morgan fingerprint density at radius 2 is 1.67 bits per heavy atom. The number of nitrogens with one attached hydrogen (secondary N) is 1. The number of carbonyl (C=O) groups excluding carboxylic acids is 2. The molecule has 8 nitrogen and oxygen atoms in total. The second-order valence-corrected chi connectivity index (χ2v) is 11.5. The van der Waals surface area contributed by atoms with Crippen molar-refractivity contribution in [2.45, 2.75) is 31.8 Å². The van der Waals surface area contributed by atoms with E-state index in [-0.39, 0.29) is 37.7 Å². The lowest BCUT2D eigenvalue weighted by atomic mass is 10.0. The fraction of sp³-hybridized carbons (Fsp3) is 0.310. The summed E-state index contributed by atoms with van der Waals surface area (Å²) in [7, 11) is -0.563. The van der Waals surface area contributed by atoms with Gasteiger partial charge in [-0.1, -0.05) is 60.1 Å². The van der Waals surface area contributed by atoms with Gasteiger partial charge < -0.3 is 15.0 Å². The zero-order valence-electron chi connectivity index (χ0n) is 22.3. The van der Waals surface area contributed by atoms with Gasteiger partial charge in [-0.3, -0.25) is 13.9 Å². The topological polar surface area (TPSA) is 96.0 Å². The number of sulfonamides is 1. The van der Waals surface area contributed by atoms with Gasteiger partial charge in [0.15, 0.2) is 0 Å². The highest BCUT2D eigenvalue weighted by Crippen LogP contribution is 2.24. The fourth-order valence-corrected chi connectivity index (χ4v) is 5.49. The maximum absolute atomic E-state index is 13.7. The summed E-state index contributed by atoms with van der Waals surface area (Å²) in [5.41, 5.74) is 2.15. The molecule has 0 aliphatic heterocycles. The molecule has 0 bridgehead atoms. The molecular weight excluding hydrogens is 538 g/mol. The van der Waals surface area contributed by atoms with Crippen molar-refractivity contribution in [3.63, 3.8) is 0 Å². The van der Waals surface area contributed by atoms with Crippen LogP contribution in [-0.2, 0) is 32.6 Å². The lowest BCUT2D eigenvalue weighted by Crippen LogP contribution is -2.49. The van der Waals surface area contributed by atoms with Gasteiger partial charge in [0.25, 0.3) is 0 Å². The number of hydrogen-bond donors (Lipinski definition) is 1. The number of anilines is 1. The molecule has 0 aromatic heterocycles. The molecule has 0 aliphatic rings. The van der Waals surface area contributed by atoms with Crippen LogP contribution < -0.4 is 14.4 Å². The van der Waals surface area contributed by atoms with Gasteiger partial charge >= 0.3 is 0 Å². The molecule has 208 valence electrons.